The third kappa shape index (κ3) is 5.13. The molecule has 22 heavy (non-hydrogen) atoms. The summed E-state index contributed by atoms with van der Waals surface area (Å²) in [5.41, 5.74) is -0.785. The van der Waals surface area contributed by atoms with E-state index in [-0.39, 0.29) is 137 Å². The number of phenols is 2. The minimum atomic E-state index is -1.53. The fraction of sp³-hybridized carbons (Fsp3) is 0. The number of phenolic OH excluding ortho intramolecular Hbond substituents is 2. The number of rotatable bonds is 3. The van der Waals surface area contributed by atoms with Crippen LogP contribution >= 0.6 is 0 Å². The monoisotopic (exact) mass is 350 g/mol. The van der Waals surface area contributed by atoms with Crippen LogP contribution in [0.2, 0.25) is 0 Å². The van der Waals surface area contributed by atoms with Crippen LogP contribution in [0.25, 0.3) is 11.1 Å². The van der Waals surface area contributed by atoms with Gasteiger partial charge in [-0.1, -0.05) is 0 Å². The molecule has 2 N–H and O–H groups in total. The number of aromatic carboxylic acids is 2. The summed E-state index contributed by atoms with van der Waals surface area (Å²) >= 11 is 0. The Hall–Kier alpha value is 0.253. The van der Waals surface area contributed by atoms with E-state index < -0.39 is 11.9 Å². The van der Waals surface area contributed by atoms with Crippen LogP contribution in [0.5, 0.6) is 11.5 Å². The van der Waals surface area contributed by atoms with E-state index in [2.05, 4.69) is 0 Å². The number of carbonyl (C=O) groups is 2. The zero-order valence-electron chi connectivity index (χ0n) is 12.0. The Bertz CT molecular complexity index is 653. The van der Waals surface area contributed by atoms with Gasteiger partial charge in [-0.05, 0) is 47.5 Å². The zero-order chi connectivity index (χ0) is 14.9. The van der Waals surface area contributed by atoms with Gasteiger partial charge in [0.15, 0.2) is 0 Å². The van der Waals surface area contributed by atoms with Crippen molar-refractivity contribution in [3.63, 3.8) is 0 Å². The molecule has 2 aromatic carbocycles. The molecule has 0 aliphatic heterocycles. The standard InChI is InChI=1S/C14H10O6.2K/c15-7-1-3-9(13(17)18)11(5-7)12-6-8(16)2-4-10(12)14(19)20;;/h1-6,15-16H,(H,17,18)(H,19,20);;/q;2*+1/p-2. The summed E-state index contributed by atoms with van der Waals surface area (Å²) in [5.74, 6) is -3.57. The molecule has 8 heteroatoms. The summed E-state index contributed by atoms with van der Waals surface area (Å²) in [4.78, 5) is 22.1. The molecule has 2 rings (SSSR count). The largest absolute Gasteiger partial charge is 1.00 e. The average molecular weight is 350 g/mol. The minimum Gasteiger partial charge on any atom is -0.545 e. The molecule has 0 bridgehead atoms. The molecule has 0 atom stereocenters. The summed E-state index contributed by atoms with van der Waals surface area (Å²) in [6.45, 7) is 0. The van der Waals surface area contributed by atoms with Crippen LogP contribution in [0, 0.1) is 0 Å². The van der Waals surface area contributed by atoms with Crippen molar-refractivity contribution in [1.82, 2.24) is 0 Å². The van der Waals surface area contributed by atoms with Gasteiger partial charge in [-0.15, -0.1) is 0 Å². The minimum absolute atomic E-state index is 0. The average Bonchev–Trinajstić information content (AvgIpc) is 2.37. The van der Waals surface area contributed by atoms with Crippen LogP contribution in [0.1, 0.15) is 20.7 Å². The van der Waals surface area contributed by atoms with Gasteiger partial charge in [0.2, 0.25) is 0 Å². The zero-order valence-corrected chi connectivity index (χ0v) is 18.2. The van der Waals surface area contributed by atoms with Crippen molar-refractivity contribution >= 4 is 11.9 Å². The number of benzene rings is 2. The SMILES string of the molecule is O=C([O-])c1ccc(O)cc1-c1cc(O)ccc1C(=O)[O-].[K+].[K+]. The predicted octanol–water partition coefficient (Wildman–Crippen LogP) is -6.50. The molecule has 0 aliphatic carbocycles. The van der Waals surface area contributed by atoms with Gasteiger partial charge in [0.05, 0.1) is 11.9 Å². The number of aromatic hydroxyl groups is 2. The van der Waals surface area contributed by atoms with Gasteiger partial charge in [0.1, 0.15) is 11.5 Å². The molecule has 0 unspecified atom stereocenters. The predicted molar refractivity (Wildman–Crippen MR) is 63.9 cm³/mol. The van der Waals surface area contributed by atoms with Gasteiger partial charge in [-0.25, -0.2) is 0 Å². The van der Waals surface area contributed by atoms with E-state index in [0.717, 1.165) is 36.4 Å². The molecule has 2 aromatic rings. The first-order valence-corrected chi connectivity index (χ1v) is 5.49. The number of carboxylic acids is 2. The number of carboxylic acid groups (broad SMARTS) is 2. The van der Waals surface area contributed by atoms with Crippen LogP contribution in [0.15, 0.2) is 36.4 Å². The van der Waals surface area contributed by atoms with Gasteiger partial charge in [0, 0.05) is 11.1 Å². The Morgan fingerprint density at radius 2 is 1.05 bits per heavy atom. The first-order chi connectivity index (χ1) is 9.40. The van der Waals surface area contributed by atoms with Crippen molar-refractivity contribution in [2.24, 2.45) is 0 Å². The second-order valence-electron chi connectivity index (χ2n) is 4.03. The Morgan fingerprint density at radius 1 is 0.727 bits per heavy atom. The van der Waals surface area contributed by atoms with Crippen LogP contribution in [-0.2, 0) is 0 Å². The molecular formula is C14H8K2O6. The van der Waals surface area contributed by atoms with E-state index in [0.29, 0.717) is 0 Å². The maximum atomic E-state index is 11.1. The molecule has 0 saturated carbocycles. The number of hydrogen-bond acceptors (Lipinski definition) is 6. The molecule has 0 aromatic heterocycles. The molecule has 0 saturated heterocycles. The van der Waals surface area contributed by atoms with Crippen molar-refractivity contribution in [1.29, 1.82) is 0 Å². The summed E-state index contributed by atoms with van der Waals surface area (Å²) in [6, 6.07) is 6.59. The molecule has 0 spiro atoms. The van der Waals surface area contributed by atoms with Crippen LogP contribution in [0.3, 0.4) is 0 Å². The van der Waals surface area contributed by atoms with Crippen LogP contribution < -0.4 is 113 Å². The third-order valence-corrected chi connectivity index (χ3v) is 2.74. The first-order valence-electron chi connectivity index (χ1n) is 5.49. The Morgan fingerprint density at radius 3 is 1.32 bits per heavy atom. The van der Waals surface area contributed by atoms with Crippen molar-refractivity contribution in [2.45, 2.75) is 0 Å². The van der Waals surface area contributed by atoms with Crippen molar-refractivity contribution in [3.05, 3.63) is 47.5 Å². The van der Waals surface area contributed by atoms with E-state index in [9.17, 15) is 30.0 Å². The summed E-state index contributed by atoms with van der Waals surface area (Å²) in [5, 5.41) is 41.0. The number of carbonyl (C=O) groups excluding carboxylic acids is 2. The van der Waals surface area contributed by atoms with Crippen LogP contribution in [0.4, 0.5) is 0 Å². The molecule has 0 aliphatic rings. The molecule has 0 amide bonds. The van der Waals surface area contributed by atoms with Gasteiger partial charge < -0.3 is 30.0 Å². The third-order valence-electron chi connectivity index (χ3n) is 2.74. The van der Waals surface area contributed by atoms with Gasteiger partial charge in [-0.3, -0.25) is 0 Å². The van der Waals surface area contributed by atoms with Gasteiger partial charge in [-0.2, -0.15) is 0 Å². The van der Waals surface area contributed by atoms with E-state index in [1.807, 2.05) is 0 Å². The first kappa shape index (κ1) is 22.3. The number of hydrogen-bond donors (Lipinski definition) is 2. The van der Waals surface area contributed by atoms with E-state index in [4.69, 9.17) is 0 Å². The smallest absolute Gasteiger partial charge is 0.545 e. The summed E-state index contributed by atoms with van der Waals surface area (Å²) in [6.07, 6.45) is 0. The van der Waals surface area contributed by atoms with Crippen molar-refractivity contribution < 1.29 is 133 Å². The Labute approximate surface area is 211 Å². The Balaban J connectivity index is 0.00000220. The van der Waals surface area contributed by atoms with E-state index in [1.165, 1.54) is 0 Å². The second-order valence-corrected chi connectivity index (χ2v) is 4.03. The van der Waals surface area contributed by atoms with Crippen LogP contribution in [-0.4, -0.2) is 22.2 Å². The van der Waals surface area contributed by atoms with E-state index in [1.54, 1.807) is 0 Å². The van der Waals surface area contributed by atoms with Crippen molar-refractivity contribution in [2.75, 3.05) is 0 Å². The second kappa shape index (κ2) is 9.52. The maximum Gasteiger partial charge on any atom is 1.00 e. The molecule has 0 radical (unpaired) electrons. The molecular weight excluding hydrogens is 342 g/mol. The topological polar surface area (TPSA) is 121 Å². The molecule has 0 fully saturated rings. The summed E-state index contributed by atoms with van der Waals surface area (Å²) in [7, 11) is 0. The van der Waals surface area contributed by atoms with E-state index >= 15 is 0 Å². The molecule has 6 nitrogen and oxygen atoms in total. The fourth-order valence-electron chi connectivity index (χ4n) is 1.87. The maximum absolute atomic E-state index is 11.1. The van der Waals surface area contributed by atoms with Gasteiger partial charge in [0.25, 0.3) is 0 Å². The molecule has 102 valence electrons. The normalized spacial score (nSPS) is 9.27. The quantitative estimate of drug-likeness (QED) is 0.531. The fourth-order valence-corrected chi connectivity index (χ4v) is 1.87. The molecule has 0 heterocycles. The summed E-state index contributed by atoms with van der Waals surface area (Å²) < 4.78 is 0. The van der Waals surface area contributed by atoms with Gasteiger partial charge >= 0.3 is 103 Å². The Kier molecular flexibility index (Phi) is 9.63. The van der Waals surface area contributed by atoms with Crippen molar-refractivity contribution in [3.8, 4) is 22.6 Å².